The third kappa shape index (κ3) is 1.63. The van der Waals surface area contributed by atoms with Crippen molar-refractivity contribution in [2.45, 2.75) is 13.8 Å². The SMILES string of the molecule is [B]=C1C=C(C(C)C)NCN1. The normalized spacial score (nSPS) is 17.8. The van der Waals surface area contributed by atoms with Crippen molar-refractivity contribution in [1.29, 1.82) is 0 Å². The zero-order valence-corrected chi connectivity index (χ0v) is 6.44. The van der Waals surface area contributed by atoms with E-state index in [1.54, 1.807) is 0 Å². The van der Waals surface area contributed by atoms with Gasteiger partial charge in [-0.15, -0.1) is 0 Å². The van der Waals surface area contributed by atoms with Gasteiger partial charge < -0.3 is 0 Å². The fourth-order valence-corrected chi connectivity index (χ4v) is 0.889. The second-order valence-corrected chi connectivity index (χ2v) is 2.74. The van der Waals surface area contributed by atoms with Gasteiger partial charge in [0, 0.05) is 0 Å². The standard InChI is InChI=1S/C7H12BN2/c1-5(2)6-3-7(8)10-4-9-6/h3,5,9-10H,4H2,1-2H3. The van der Waals surface area contributed by atoms with Crippen molar-refractivity contribution in [1.82, 2.24) is 10.6 Å². The number of hydrogen-bond acceptors (Lipinski definition) is 2. The number of allylic oxidation sites excluding steroid dienone is 1. The van der Waals surface area contributed by atoms with Gasteiger partial charge in [-0.05, 0) is 0 Å². The maximum absolute atomic E-state index is 5.55. The van der Waals surface area contributed by atoms with Gasteiger partial charge in [0.05, 0.1) is 0 Å². The molecule has 0 aliphatic carbocycles. The summed E-state index contributed by atoms with van der Waals surface area (Å²) in [5, 5.41) is 6.17. The number of rotatable bonds is 1. The molecule has 1 rings (SSSR count). The summed E-state index contributed by atoms with van der Waals surface area (Å²) in [4.78, 5) is 0. The van der Waals surface area contributed by atoms with Crippen molar-refractivity contribution in [2.24, 2.45) is 5.92 Å². The molecule has 1 radical (unpaired) electrons. The van der Waals surface area contributed by atoms with Gasteiger partial charge in [0.15, 0.2) is 0 Å². The summed E-state index contributed by atoms with van der Waals surface area (Å²) in [5.74, 6) is 0.528. The van der Waals surface area contributed by atoms with Crippen LogP contribution in [0.25, 0.3) is 0 Å². The van der Waals surface area contributed by atoms with Gasteiger partial charge in [-0.2, -0.15) is 0 Å². The molecule has 0 fully saturated rings. The van der Waals surface area contributed by atoms with E-state index in [-0.39, 0.29) is 0 Å². The molecule has 0 unspecified atom stereocenters. The number of nitrogens with one attached hydrogen (secondary N) is 2. The first-order valence-electron chi connectivity index (χ1n) is 3.52. The first-order valence-corrected chi connectivity index (χ1v) is 3.52. The molecule has 0 amide bonds. The van der Waals surface area contributed by atoms with Crippen LogP contribution < -0.4 is 10.6 Å². The predicted octanol–water partition coefficient (Wildman–Crippen LogP) is -0.0250. The predicted molar refractivity (Wildman–Crippen MR) is 44.8 cm³/mol. The van der Waals surface area contributed by atoms with Gasteiger partial charge >= 0.3 is 61.9 Å². The molecule has 0 spiro atoms. The molecule has 53 valence electrons. The van der Waals surface area contributed by atoms with Crippen molar-refractivity contribution < 1.29 is 0 Å². The molecular weight excluding hydrogens is 123 g/mol. The van der Waals surface area contributed by atoms with Crippen LogP contribution in [0, 0.1) is 5.92 Å². The average molecular weight is 135 g/mol. The third-order valence-electron chi connectivity index (χ3n) is 1.52. The first-order chi connectivity index (χ1) is 4.70. The minimum atomic E-state index is 0.528. The summed E-state index contributed by atoms with van der Waals surface area (Å²) in [7, 11) is 5.55. The van der Waals surface area contributed by atoms with Crippen molar-refractivity contribution in [3.8, 4) is 0 Å². The van der Waals surface area contributed by atoms with Gasteiger partial charge in [-0.3, -0.25) is 0 Å². The van der Waals surface area contributed by atoms with E-state index in [4.69, 9.17) is 7.49 Å². The monoisotopic (exact) mass is 135 g/mol. The van der Waals surface area contributed by atoms with Gasteiger partial charge in [0.1, 0.15) is 0 Å². The van der Waals surface area contributed by atoms with E-state index in [1.165, 1.54) is 5.70 Å². The van der Waals surface area contributed by atoms with Gasteiger partial charge in [-0.25, -0.2) is 0 Å². The molecule has 0 bridgehead atoms. The Morgan fingerprint density at radius 2 is 2.20 bits per heavy atom. The summed E-state index contributed by atoms with van der Waals surface area (Å²) in [6.07, 6.45) is 1.94. The molecule has 0 atom stereocenters. The summed E-state index contributed by atoms with van der Waals surface area (Å²) in [6.45, 7) is 5.02. The Labute approximate surface area is 62.8 Å². The Bertz CT molecular complexity index is 172. The van der Waals surface area contributed by atoms with Gasteiger partial charge in [-0.1, -0.05) is 0 Å². The van der Waals surface area contributed by atoms with E-state index in [9.17, 15) is 0 Å². The van der Waals surface area contributed by atoms with Gasteiger partial charge in [0.2, 0.25) is 0 Å². The molecule has 1 aliphatic rings. The van der Waals surface area contributed by atoms with E-state index in [2.05, 4.69) is 24.5 Å². The molecule has 0 saturated heterocycles. The quantitative estimate of drug-likeness (QED) is 0.493. The van der Waals surface area contributed by atoms with Crippen LogP contribution >= 0.6 is 0 Å². The first kappa shape index (κ1) is 7.38. The van der Waals surface area contributed by atoms with Crippen molar-refractivity contribution in [2.75, 3.05) is 6.67 Å². The van der Waals surface area contributed by atoms with Gasteiger partial charge in [0.25, 0.3) is 0 Å². The van der Waals surface area contributed by atoms with Crippen LogP contribution in [0.1, 0.15) is 13.8 Å². The molecule has 3 heteroatoms. The topological polar surface area (TPSA) is 24.1 Å². The van der Waals surface area contributed by atoms with Crippen LogP contribution in [0.5, 0.6) is 0 Å². The van der Waals surface area contributed by atoms with Crippen molar-refractivity contribution in [3.63, 3.8) is 0 Å². The van der Waals surface area contributed by atoms with Crippen LogP contribution in [0.15, 0.2) is 11.8 Å². The second-order valence-electron chi connectivity index (χ2n) is 2.74. The summed E-state index contributed by atoms with van der Waals surface area (Å²) >= 11 is 0. The minimum absolute atomic E-state index is 0.528. The van der Waals surface area contributed by atoms with Crippen LogP contribution in [0.2, 0.25) is 0 Å². The number of hydrogen-bond donors (Lipinski definition) is 2. The van der Waals surface area contributed by atoms with Crippen molar-refractivity contribution in [3.05, 3.63) is 11.8 Å². The van der Waals surface area contributed by atoms with Crippen LogP contribution in [-0.4, -0.2) is 19.7 Å². The Hall–Kier alpha value is -0.725. The molecule has 1 aliphatic heterocycles. The second kappa shape index (κ2) is 2.91. The van der Waals surface area contributed by atoms with E-state index < -0.39 is 0 Å². The molecular formula is C7H12BN2. The van der Waals surface area contributed by atoms with Crippen LogP contribution in [0.3, 0.4) is 0 Å². The zero-order valence-electron chi connectivity index (χ0n) is 6.44. The molecule has 0 aromatic heterocycles. The molecule has 0 aromatic rings. The molecule has 10 heavy (non-hydrogen) atoms. The molecule has 1 heterocycles. The summed E-state index contributed by atoms with van der Waals surface area (Å²) in [6, 6.07) is 0. The third-order valence-corrected chi connectivity index (χ3v) is 1.52. The Balaban J connectivity index is 2.66. The van der Waals surface area contributed by atoms with E-state index in [1.807, 2.05) is 6.08 Å². The van der Waals surface area contributed by atoms with E-state index in [0.717, 1.165) is 12.3 Å². The molecule has 2 N–H and O–H groups in total. The fourth-order valence-electron chi connectivity index (χ4n) is 0.889. The summed E-state index contributed by atoms with van der Waals surface area (Å²) in [5.41, 5.74) is 1.96. The Morgan fingerprint density at radius 1 is 1.50 bits per heavy atom. The Kier molecular flexibility index (Phi) is 2.15. The fraction of sp³-hybridized carbons (Fsp3) is 0.571. The molecule has 0 saturated carbocycles. The van der Waals surface area contributed by atoms with Crippen LogP contribution in [-0.2, 0) is 0 Å². The zero-order chi connectivity index (χ0) is 7.56. The maximum atomic E-state index is 5.55. The van der Waals surface area contributed by atoms with E-state index >= 15 is 0 Å². The Morgan fingerprint density at radius 3 is 2.60 bits per heavy atom. The summed E-state index contributed by atoms with van der Waals surface area (Å²) < 4.78 is 0. The molecule has 2 nitrogen and oxygen atoms in total. The van der Waals surface area contributed by atoms with E-state index in [0.29, 0.717) is 5.92 Å². The molecule has 0 aromatic carbocycles. The van der Waals surface area contributed by atoms with Crippen LogP contribution in [0.4, 0.5) is 0 Å². The average Bonchev–Trinajstić information content (AvgIpc) is 1.88. The van der Waals surface area contributed by atoms with Crippen molar-refractivity contribution >= 4 is 13.1 Å².